The number of hydrogen-bond acceptors (Lipinski definition) is 7. The average Bonchev–Trinajstić information content (AvgIpc) is 3.31. The van der Waals surface area contributed by atoms with Crippen LogP contribution in [-0.4, -0.2) is 31.9 Å². The summed E-state index contributed by atoms with van der Waals surface area (Å²) >= 11 is 0. The Kier molecular flexibility index (Phi) is 4.75. The SMILES string of the molecule is COc1ccc2oc(C(=O)O[C@@H](C)C(=O)Nc3ccc4c(c3)OCO4)c(C)c2c1. The molecule has 8 nitrogen and oxygen atoms in total. The molecule has 150 valence electrons. The summed E-state index contributed by atoms with van der Waals surface area (Å²) in [5.74, 6) is 0.660. The maximum atomic E-state index is 12.5. The van der Waals surface area contributed by atoms with E-state index >= 15 is 0 Å². The van der Waals surface area contributed by atoms with Crippen LogP contribution in [0.15, 0.2) is 40.8 Å². The van der Waals surface area contributed by atoms with Crippen molar-refractivity contribution in [3.05, 3.63) is 47.7 Å². The van der Waals surface area contributed by atoms with Gasteiger partial charge in [-0.2, -0.15) is 0 Å². The van der Waals surface area contributed by atoms with E-state index < -0.39 is 18.0 Å². The molecule has 29 heavy (non-hydrogen) atoms. The predicted octanol–water partition coefficient (Wildman–Crippen LogP) is 3.66. The van der Waals surface area contributed by atoms with E-state index in [0.717, 1.165) is 5.39 Å². The van der Waals surface area contributed by atoms with E-state index in [0.29, 0.717) is 34.1 Å². The fourth-order valence-corrected chi connectivity index (χ4v) is 3.01. The zero-order chi connectivity index (χ0) is 20.5. The van der Waals surface area contributed by atoms with Gasteiger partial charge in [0, 0.05) is 22.7 Å². The van der Waals surface area contributed by atoms with Gasteiger partial charge in [-0.15, -0.1) is 0 Å². The van der Waals surface area contributed by atoms with Gasteiger partial charge in [0.1, 0.15) is 11.3 Å². The van der Waals surface area contributed by atoms with E-state index in [1.807, 2.05) is 0 Å². The first-order chi connectivity index (χ1) is 14.0. The number of fused-ring (bicyclic) bond motifs is 2. The maximum Gasteiger partial charge on any atom is 0.375 e. The summed E-state index contributed by atoms with van der Waals surface area (Å²) in [5.41, 5.74) is 1.66. The number of hydrogen-bond donors (Lipinski definition) is 1. The molecule has 1 amide bonds. The molecule has 8 heteroatoms. The van der Waals surface area contributed by atoms with E-state index in [-0.39, 0.29) is 12.6 Å². The number of aryl methyl sites for hydroxylation is 1. The predicted molar refractivity (Wildman–Crippen MR) is 104 cm³/mol. The first-order valence-electron chi connectivity index (χ1n) is 8.95. The minimum atomic E-state index is -1.03. The number of benzene rings is 2. The first-order valence-corrected chi connectivity index (χ1v) is 8.95. The fourth-order valence-electron chi connectivity index (χ4n) is 3.01. The number of methoxy groups -OCH3 is 1. The molecule has 4 rings (SSSR count). The van der Waals surface area contributed by atoms with Crippen LogP contribution in [0.25, 0.3) is 11.0 Å². The molecule has 1 N–H and O–H groups in total. The lowest BCUT2D eigenvalue weighted by molar-refractivity contribution is -0.123. The number of amides is 1. The third kappa shape index (κ3) is 3.56. The lowest BCUT2D eigenvalue weighted by Crippen LogP contribution is -2.30. The van der Waals surface area contributed by atoms with Crippen molar-refractivity contribution in [3.8, 4) is 17.2 Å². The number of anilines is 1. The molecular weight excluding hydrogens is 378 g/mol. The molecule has 1 atom stereocenters. The van der Waals surface area contributed by atoms with Crippen LogP contribution in [0.2, 0.25) is 0 Å². The molecule has 0 radical (unpaired) electrons. The largest absolute Gasteiger partial charge is 0.497 e. The van der Waals surface area contributed by atoms with Crippen LogP contribution in [0.1, 0.15) is 23.0 Å². The highest BCUT2D eigenvalue weighted by Gasteiger charge is 2.25. The second-order valence-electron chi connectivity index (χ2n) is 6.52. The molecule has 0 bridgehead atoms. The molecule has 0 unspecified atom stereocenters. The Balaban J connectivity index is 1.45. The minimum Gasteiger partial charge on any atom is -0.497 e. The van der Waals surface area contributed by atoms with Crippen molar-refractivity contribution >= 4 is 28.5 Å². The van der Waals surface area contributed by atoms with Crippen molar-refractivity contribution < 1.29 is 33.0 Å². The van der Waals surface area contributed by atoms with Gasteiger partial charge < -0.3 is 28.7 Å². The molecule has 2 heterocycles. The zero-order valence-electron chi connectivity index (χ0n) is 16.1. The van der Waals surface area contributed by atoms with Crippen molar-refractivity contribution in [1.29, 1.82) is 0 Å². The number of nitrogens with one attached hydrogen (secondary N) is 1. The fraction of sp³-hybridized carbons (Fsp3) is 0.238. The van der Waals surface area contributed by atoms with E-state index in [1.165, 1.54) is 6.92 Å². The molecule has 1 aliphatic rings. The standard InChI is InChI=1S/C21H19NO7/c1-11-15-9-14(25-3)5-7-16(15)29-19(11)21(24)28-12(2)20(23)22-13-4-6-17-18(8-13)27-10-26-17/h4-9,12H,10H2,1-3H3,(H,22,23)/t12-/m0/s1. The van der Waals surface area contributed by atoms with Crippen molar-refractivity contribution in [2.75, 3.05) is 19.2 Å². The van der Waals surface area contributed by atoms with Crippen LogP contribution in [0.3, 0.4) is 0 Å². The van der Waals surface area contributed by atoms with Gasteiger partial charge in [0.15, 0.2) is 17.6 Å². The van der Waals surface area contributed by atoms with Crippen molar-refractivity contribution in [2.45, 2.75) is 20.0 Å². The van der Waals surface area contributed by atoms with Gasteiger partial charge in [-0.3, -0.25) is 4.79 Å². The average molecular weight is 397 g/mol. The lowest BCUT2D eigenvalue weighted by atomic mass is 10.1. The topological polar surface area (TPSA) is 96.2 Å². The Morgan fingerprint density at radius 2 is 1.90 bits per heavy atom. The Hall–Kier alpha value is -3.68. The Morgan fingerprint density at radius 3 is 2.69 bits per heavy atom. The second kappa shape index (κ2) is 7.38. The maximum absolute atomic E-state index is 12.5. The van der Waals surface area contributed by atoms with Gasteiger partial charge in [-0.25, -0.2) is 4.79 Å². The van der Waals surface area contributed by atoms with Gasteiger partial charge in [0.2, 0.25) is 12.6 Å². The Bertz CT molecular complexity index is 1100. The highest BCUT2D eigenvalue weighted by Crippen LogP contribution is 2.34. The second-order valence-corrected chi connectivity index (χ2v) is 6.52. The summed E-state index contributed by atoms with van der Waals surface area (Å²) in [5, 5.41) is 3.43. The van der Waals surface area contributed by atoms with E-state index in [4.69, 9.17) is 23.4 Å². The normalized spacial score (nSPS) is 13.2. The zero-order valence-corrected chi connectivity index (χ0v) is 16.1. The van der Waals surface area contributed by atoms with Crippen molar-refractivity contribution in [2.24, 2.45) is 0 Å². The summed E-state index contributed by atoms with van der Waals surface area (Å²) in [7, 11) is 1.56. The van der Waals surface area contributed by atoms with Crippen LogP contribution in [-0.2, 0) is 9.53 Å². The summed E-state index contributed by atoms with van der Waals surface area (Å²) in [6.07, 6.45) is -1.03. The van der Waals surface area contributed by atoms with Gasteiger partial charge in [-0.1, -0.05) is 0 Å². The lowest BCUT2D eigenvalue weighted by Gasteiger charge is -2.13. The molecule has 3 aromatic rings. The molecule has 1 aromatic heterocycles. The van der Waals surface area contributed by atoms with E-state index in [2.05, 4.69) is 5.32 Å². The van der Waals surface area contributed by atoms with Crippen LogP contribution >= 0.6 is 0 Å². The third-order valence-corrected chi connectivity index (χ3v) is 4.62. The Morgan fingerprint density at radius 1 is 1.10 bits per heavy atom. The molecule has 2 aromatic carbocycles. The summed E-state index contributed by atoms with van der Waals surface area (Å²) in [6.45, 7) is 3.38. The molecule has 0 fully saturated rings. The number of furan rings is 1. The summed E-state index contributed by atoms with van der Waals surface area (Å²) in [4.78, 5) is 25.0. The molecule has 1 aliphatic heterocycles. The van der Waals surface area contributed by atoms with Crippen LogP contribution in [0, 0.1) is 6.92 Å². The minimum absolute atomic E-state index is 0.0518. The van der Waals surface area contributed by atoms with Gasteiger partial charge in [-0.05, 0) is 44.2 Å². The molecule has 0 saturated heterocycles. The highest BCUT2D eigenvalue weighted by molar-refractivity contribution is 5.99. The number of carbonyl (C=O) groups excluding carboxylic acids is 2. The van der Waals surface area contributed by atoms with Crippen molar-refractivity contribution in [1.82, 2.24) is 0 Å². The van der Waals surface area contributed by atoms with Gasteiger partial charge in [0.05, 0.1) is 7.11 Å². The number of ether oxygens (including phenoxy) is 4. The molecule has 0 spiro atoms. The van der Waals surface area contributed by atoms with Crippen molar-refractivity contribution in [3.63, 3.8) is 0 Å². The van der Waals surface area contributed by atoms with Crippen LogP contribution < -0.4 is 19.5 Å². The van der Waals surface area contributed by atoms with Crippen LogP contribution in [0.5, 0.6) is 17.2 Å². The van der Waals surface area contributed by atoms with Gasteiger partial charge >= 0.3 is 5.97 Å². The monoisotopic (exact) mass is 397 g/mol. The van der Waals surface area contributed by atoms with E-state index in [1.54, 1.807) is 50.4 Å². The number of rotatable bonds is 5. The molecular formula is C21H19NO7. The highest BCUT2D eigenvalue weighted by atomic mass is 16.7. The first kappa shape index (κ1) is 18.7. The summed E-state index contributed by atoms with van der Waals surface area (Å²) in [6, 6.07) is 10.2. The Labute approximate surface area is 166 Å². The molecule has 0 saturated carbocycles. The van der Waals surface area contributed by atoms with E-state index in [9.17, 15) is 9.59 Å². The van der Waals surface area contributed by atoms with Gasteiger partial charge in [0.25, 0.3) is 5.91 Å². The summed E-state index contributed by atoms with van der Waals surface area (Å²) < 4.78 is 26.6. The number of esters is 1. The smallest absolute Gasteiger partial charge is 0.375 e. The quantitative estimate of drug-likeness (QED) is 0.656. The number of carbonyl (C=O) groups is 2. The molecule has 0 aliphatic carbocycles. The van der Waals surface area contributed by atoms with Crippen LogP contribution in [0.4, 0.5) is 5.69 Å². The third-order valence-electron chi connectivity index (χ3n) is 4.62.